The molecule has 0 atom stereocenters. The van der Waals surface area contributed by atoms with Gasteiger partial charge in [0.15, 0.2) is 5.76 Å². The third-order valence-electron chi connectivity index (χ3n) is 3.64. The molecule has 1 aromatic heterocycles. The lowest BCUT2D eigenvalue weighted by atomic mass is 9.97. The molecular weight excluding hydrogens is 324 g/mol. The lowest BCUT2D eigenvalue weighted by molar-refractivity contribution is -0.126. The van der Waals surface area contributed by atoms with Gasteiger partial charge in [-0.1, -0.05) is 0 Å². The Labute approximate surface area is 134 Å². The summed E-state index contributed by atoms with van der Waals surface area (Å²) in [4.78, 5) is 23.6. The van der Waals surface area contributed by atoms with Gasteiger partial charge in [0, 0.05) is 32.1 Å². The fraction of sp³-hybridized carbons (Fsp3) is 0.538. The minimum absolute atomic E-state index is 0.147. The Morgan fingerprint density at radius 2 is 1.91 bits per heavy atom. The summed E-state index contributed by atoms with van der Waals surface area (Å²) >= 11 is 0. The van der Waals surface area contributed by atoms with Crippen molar-refractivity contribution in [2.45, 2.75) is 12.8 Å². The average molecular weight is 344 g/mol. The van der Waals surface area contributed by atoms with Crippen LogP contribution in [0.3, 0.4) is 0 Å². The molecule has 2 rings (SSSR count). The predicted molar refractivity (Wildman–Crippen MR) is 81.5 cm³/mol. The summed E-state index contributed by atoms with van der Waals surface area (Å²) in [5, 5.41) is 10.4. The molecule has 10 heteroatoms. The van der Waals surface area contributed by atoms with Crippen LogP contribution in [-0.4, -0.2) is 50.7 Å². The standard InChI is InChI=1S/C13H20N4O5S/c14-23(20,21)17-7-3-10(4-8-17)12(18)15-5-6-16-13(19)11-2-1-9-22-11/h1-2,9-10H,3-8H2,(H,15,18)(H,16,19)(H2,14,20,21). The van der Waals surface area contributed by atoms with E-state index in [9.17, 15) is 18.0 Å². The molecule has 2 amide bonds. The smallest absolute Gasteiger partial charge is 0.287 e. The van der Waals surface area contributed by atoms with Gasteiger partial charge in [0.2, 0.25) is 5.91 Å². The van der Waals surface area contributed by atoms with E-state index < -0.39 is 10.2 Å². The van der Waals surface area contributed by atoms with E-state index in [1.165, 1.54) is 10.6 Å². The summed E-state index contributed by atoms with van der Waals surface area (Å²) in [6.45, 7) is 1.06. The molecule has 0 spiro atoms. The highest BCUT2D eigenvalue weighted by molar-refractivity contribution is 7.86. The SMILES string of the molecule is NS(=O)(=O)N1CCC(C(=O)NCCNC(=O)c2ccco2)CC1. The van der Waals surface area contributed by atoms with Crippen LogP contribution in [0.4, 0.5) is 0 Å². The van der Waals surface area contributed by atoms with Gasteiger partial charge in [-0.25, -0.2) is 5.14 Å². The van der Waals surface area contributed by atoms with E-state index in [0.717, 1.165) is 0 Å². The van der Waals surface area contributed by atoms with Crippen molar-refractivity contribution in [1.29, 1.82) is 0 Å². The first kappa shape index (κ1) is 17.4. The second-order valence-electron chi connectivity index (χ2n) is 5.24. The predicted octanol–water partition coefficient (Wildman–Crippen LogP) is -0.959. The lowest BCUT2D eigenvalue weighted by Gasteiger charge is -2.29. The van der Waals surface area contributed by atoms with Crippen LogP contribution in [0.25, 0.3) is 0 Å². The maximum absolute atomic E-state index is 12.0. The summed E-state index contributed by atoms with van der Waals surface area (Å²) in [5.41, 5.74) is 0. The first-order valence-corrected chi connectivity index (χ1v) is 8.75. The molecule has 0 unspecified atom stereocenters. The van der Waals surface area contributed by atoms with Gasteiger partial charge in [-0.15, -0.1) is 0 Å². The second kappa shape index (κ2) is 7.57. The molecule has 1 fully saturated rings. The number of carbonyl (C=O) groups is 2. The number of nitrogens with one attached hydrogen (secondary N) is 2. The number of furan rings is 1. The van der Waals surface area contributed by atoms with E-state index in [-0.39, 0.29) is 43.1 Å². The van der Waals surface area contributed by atoms with Crippen LogP contribution >= 0.6 is 0 Å². The zero-order valence-corrected chi connectivity index (χ0v) is 13.3. The maximum Gasteiger partial charge on any atom is 0.287 e. The van der Waals surface area contributed by atoms with Crippen LogP contribution in [0.15, 0.2) is 22.8 Å². The molecular formula is C13H20N4O5S. The molecule has 0 aliphatic carbocycles. The summed E-state index contributed by atoms with van der Waals surface area (Å²) in [5.74, 6) is -0.516. The summed E-state index contributed by atoms with van der Waals surface area (Å²) in [6.07, 6.45) is 2.27. The van der Waals surface area contributed by atoms with Crippen molar-refractivity contribution in [3.05, 3.63) is 24.2 Å². The number of rotatable bonds is 6. The van der Waals surface area contributed by atoms with Crippen molar-refractivity contribution in [2.75, 3.05) is 26.2 Å². The van der Waals surface area contributed by atoms with E-state index in [4.69, 9.17) is 9.56 Å². The maximum atomic E-state index is 12.0. The van der Waals surface area contributed by atoms with E-state index in [0.29, 0.717) is 19.4 Å². The number of carbonyl (C=O) groups excluding carboxylic acids is 2. The highest BCUT2D eigenvalue weighted by atomic mass is 32.2. The Kier molecular flexibility index (Phi) is 5.74. The highest BCUT2D eigenvalue weighted by Crippen LogP contribution is 2.18. The third kappa shape index (κ3) is 5.05. The quantitative estimate of drug-likeness (QED) is 0.571. The number of piperidine rings is 1. The van der Waals surface area contributed by atoms with E-state index >= 15 is 0 Å². The topological polar surface area (TPSA) is 135 Å². The van der Waals surface area contributed by atoms with Gasteiger partial charge in [0.1, 0.15) is 0 Å². The van der Waals surface area contributed by atoms with Crippen LogP contribution in [0.5, 0.6) is 0 Å². The normalized spacial score (nSPS) is 16.9. The molecule has 23 heavy (non-hydrogen) atoms. The number of hydrogen-bond donors (Lipinski definition) is 3. The van der Waals surface area contributed by atoms with Crippen LogP contribution in [0, 0.1) is 5.92 Å². The monoisotopic (exact) mass is 344 g/mol. The summed E-state index contributed by atoms with van der Waals surface area (Å²) in [6, 6.07) is 3.16. The zero-order valence-electron chi connectivity index (χ0n) is 12.5. The number of amides is 2. The minimum atomic E-state index is -3.68. The first-order valence-electron chi connectivity index (χ1n) is 7.25. The number of nitrogens with zero attached hydrogens (tertiary/aromatic N) is 1. The molecule has 128 valence electrons. The van der Waals surface area contributed by atoms with Crippen molar-refractivity contribution in [2.24, 2.45) is 11.1 Å². The second-order valence-corrected chi connectivity index (χ2v) is 6.79. The minimum Gasteiger partial charge on any atom is -0.459 e. The van der Waals surface area contributed by atoms with Crippen LogP contribution in [-0.2, 0) is 15.0 Å². The lowest BCUT2D eigenvalue weighted by Crippen LogP contribution is -2.46. The third-order valence-corrected chi connectivity index (χ3v) is 4.72. The Bertz CT molecular complexity index is 635. The van der Waals surface area contributed by atoms with Crippen LogP contribution in [0.1, 0.15) is 23.4 Å². The van der Waals surface area contributed by atoms with Gasteiger partial charge < -0.3 is 15.1 Å². The summed E-state index contributed by atoms with van der Waals surface area (Å²) < 4.78 is 28.5. The van der Waals surface area contributed by atoms with Crippen LogP contribution in [0.2, 0.25) is 0 Å². The highest BCUT2D eigenvalue weighted by Gasteiger charge is 2.29. The van der Waals surface area contributed by atoms with Gasteiger partial charge in [-0.2, -0.15) is 12.7 Å². The average Bonchev–Trinajstić information content (AvgIpc) is 3.05. The molecule has 2 heterocycles. The van der Waals surface area contributed by atoms with Crippen molar-refractivity contribution in [3.63, 3.8) is 0 Å². The molecule has 1 aliphatic heterocycles. The van der Waals surface area contributed by atoms with Gasteiger partial charge >= 0.3 is 0 Å². The zero-order chi connectivity index (χ0) is 16.9. The molecule has 1 aliphatic rings. The van der Waals surface area contributed by atoms with Crippen molar-refractivity contribution < 1.29 is 22.4 Å². The van der Waals surface area contributed by atoms with E-state index in [2.05, 4.69) is 10.6 Å². The summed E-state index contributed by atoms with van der Waals surface area (Å²) in [7, 11) is -3.68. The molecule has 1 saturated heterocycles. The molecule has 1 aromatic rings. The molecule has 4 N–H and O–H groups in total. The molecule has 0 aromatic carbocycles. The van der Waals surface area contributed by atoms with E-state index in [1.54, 1.807) is 12.1 Å². The first-order chi connectivity index (χ1) is 10.9. The van der Waals surface area contributed by atoms with Crippen molar-refractivity contribution in [3.8, 4) is 0 Å². The van der Waals surface area contributed by atoms with Gasteiger partial charge in [-0.3, -0.25) is 9.59 Å². The van der Waals surface area contributed by atoms with Crippen molar-refractivity contribution in [1.82, 2.24) is 14.9 Å². The molecule has 0 radical (unpaired) electrons. The number of nitrogens with two attached hydrogens (primary N) is 1. The van der Waals surface area contributed by atoms with E-state index in [1.807, 2.05) is 0 Å². The molecule has 9 nitrogen and oxygen atoms in total. The fourth-order valence-electron chi connectivity index (χ4n) is 2.37. The van der Waals surface area contributed by atoms with Gasteiger partial charge in [0.25, 0.3) is 16.1 Å². The molecule has 0 saturated carbocycles. The van der Waals surface area contributed by atoms with Crippen LogP contribution < -0.4 is 15.8 Å². The van der Waals surface area contributed by atoms with Gasteiger partial charge in [0.05, 0.1) is 6.26 Å². The van der Waals surface area contributed by atoms with Crippen molar-refractivity contribution >= 4 is 22.0 Å². The Balaban J connectivity index is 1.65. The Morgan fingerprint density at radius 1 is 1.26 bits per heavy atom. The number of hydrogen-bond acceptors (Lipinski definition) is 5. The fourth-order valence-corrected chi connectivity index (χ4v) is 3.09. The van der Waals surface area contributed by atoms with Gasteiger partial charge in [-0.05, 0) is 25.0 Å². The Hall–Kier alpha value is -1.91. The Morgan fingerprint density at radius 3 is 2.48 bits per heavy atom. The molecule has 0 bridgehead atoms. The largest absolute Gasteiger partial charge is 0.459 e.